The molecule has 0 bridgehead atoms. The smallest absolute Gasteiger partial charge is 0.410 e. The number of carbonyl (C=O) groups excluding carboxylic acids is 1. The van der Waals surface area contributed by atoms with Crippen LogP contribution in [0.3, 0.4) is 0 Å². The third kappa shape index (κ3) is 8.78. The molecule has 0 spiro atoms. The molecule has 1 aromatic rings. The molecule has 2 rings (SSSR count). The summed E-state index contributed by atoms with van der Waals surface area (Å²) in [6.07, 6.45) is 3.59. The van der Waals surface area contributed by atoms with E-state index in [1.54, 1.807) is 13.2 Å². The Morgan fingerprint density at radius 2 is 1.91 bits per heavy atom. The van der Waals surface area contributed by atoms with Gasteiger partial charge >= 0.3 is 6.09 Å². The minimum atomic E-state index is -0.470. The monoisotopic (exact) mass is 563 g/mol. The van der Waals surface area contributed by atoms with Crippen molar-refractivity contribution in [2.24, 2.45) is 10.9 Å². The van der Waals surface area contributed by atoms with Crippen molar-refractivity contribution in [1.29, 1.82) is 0 Å². The number of likely N-dealkylation sites (tertiary alicyclic amines) is 1. The summed E-state index contributed by atoms with van der Waals surface area (Å²) in [5, 5.41) is 3.37. The second-order valence-electron chi connectivity index (χ2n) is 10.2. The lowest BCUT2D eigenvalue weighted by molar-refractivity contribution is 0.0214. The molecule has 0 saturated carbocycles. The first-order chi connectivity index (χ1) is 14.4. The highest BCUT2D eigenvalue weighted by Crippen LogP contribution is 2.23. The molecule has 8 nitrogen and oxygen atoms in total. The maximum absolute atomic E-state index is 12.4. The standard InChI is InChI=1S/C23H41N5O3.HI/c1-9-27(21(29)31-23(5,6)7)16-17-10-12-28(13-11-17)20(24-8)26-15-19-25-14-18(30-19)22(2,3)4;/h14,17H,9-13,15-16H2,1-8H3,(H,24,26);1H. The van der Waals surface area contributed by atoms with Gasteiger partial charge < -0.3 is 24.3 Å². The van der Waals surface area contributed by atoms with Crippen molar-refractivity contribution in [2.45, 2.75) is 78.9 Å². The van der Waals surface area contributed by atoms with Gasteiger partial charge in [-0.2, -0.15) is 0 Å². The van der Waals surface area contributed by atoms with E-state index >= 15 is 0 Å². The molecule has 0 unspecified atom stereocenters. The van der Waals surface area contributed by atoms with E-state index in [4.69, 9.17) is 9.15 Å². The van der Waals surface area contributed by atoms with Gasteiger partial charge in [0, 0.05) is 38.6 Å². The van der Waals surface area contributed by atoms with Crippen LogP contribution in [0.1, 0.15) is 73.0 Å². The lowest BCUT2D eigenvalue weighted by Crippen LogP contribution is -2.47. The Morgan fingerprint density at radius 3 is 2.38 bits per heavy atom. The van der Waals surface area contributed by atoms with E-state index in [0.29, 0.717) is 24.9 Å². The maximum atomic E-state index is 12.4. The average Bonchev–Trinajstić information content (AvgIpc) is 3.15. The molecule has 1 saturated heterocycles. The minimum Gasteiger partial charge on any atom is -0.444 e. The number of carbonyl (C=O) groups is 1. The maximum Gasteiger partial charge on any atom is 0.410 e. The van der Waals surface area contributed by atoms with Crippen molar-refractivity contribution < 1.29 is 13.9 Å². The number of ether oxygens (including phenoxy) is 1. The molecule has 184 valence electrons. The molecular formula is C23H42IN5O3. The van der Waals surface area contributed by atoms with Crippen molar-refractivity contribution in [3.8, 4) is 0 Å². The summed E-state index contributed by atoms with van der Waals surface area (Å²) in [6.45, 7) is 17.7. The highest BCUT2D eigenvalue weighted by molar-refractivity contribution is 14.0. The number of nitrogens with one attached hydrogen (secondary N) is 1. The van der Waals surface area contributed by atoms with Gasteiger partial charge in [0.05, 0.1) is 12.7 Å². The first-order valence-corrected chi connectivity index (χ1v) is 11.3. The number of aliphatic imine (C=N–C) groups is 1. The second kappa shape index (κ2) is 12.1. The fourth-order valence-electron chi connectivity index (χ4n) is 3.52. The van der Waals surface area contributed by atoms with Crippen LogP contribution < -0.4 is 5.32 Å². The molecule has 0 aliphatic carbocycles. The molecule has 32 heavy (non-hydrogen) atoms. The van der Waals surface area contributed by atoms with Crippen LogP contribution in [0, 0.1) is 5.92 Å². The zero-order valence-corrected chi connectivity index (χ0v) is 23.4. The first-order valence-electron chi connectivity index (χ1n) is 11.3. The number of hydrogen-bond donors (Lipinski definition) is 1. The number of piperidine rings is 1. The first kappa shape index (κ1) is 28.5. The quantitative estimate of drug-likeness (QED) is 0.320. The van der Waals surface area contributed by atoms with E-state index in [-0.39, 0.29) is 35.5 Å². The minimum absolute atomic E-state index is 0. The van der Waals surface area contributed by atoms with Crippen LogP contribution >= 0.6 is 24.0 Å². The van der Waals surface area contributed by atoms with E-state index in [1.165, 1.54) is 0 Å². The number of hydrogen-bond acceptors (Lipinski definition) is 5. The summed E-state index contributed by atoms with van der Waals surface area (Å²) in [7, 11) is 1.80. The summed E-state index contributed by atoms with van der Waals surface area (Å²) in [4.78, 5) is 25.3. The van der Waals surface area contributed by atoms with E-state index in [1.807, 2.05) is 32.6 Å². The topological polar surface area (TPSA) is 83.2 Å². The zero-order chi connectivity index (χ0) is 23.2. The van der Waals surface area contributed by atoms with Crippen LogP contribution in [0.5, 0.6) is 0 Å². The third-order valence-electron chi connectivity index (χ3n) is 5.33. The Labute approximate surface area is 210 Å². The molecule has 0 atom stereocenters. The van der Waals surface area contributed by atoms with E-state index in [9.17, 15) is 4.79 Å². The molecule has 1 aromatic heterocycles. The van der Waals surface area contributed by atoms with Gasteiger partial charge in [-0.25, -0.2) is 9.78 Å². The van der Waals surface area contributed by atoms with Crippen LogP contribution in [0.15, 0.2) is 15.6 Å². The van der Waals surface area contributed by atoms with Crippen LogP contribution in [-0.4, -0.2) is 65.7 Å². The number of guanidine groups is 1. The molecule has 1 amide bonds. The average molecular weight is 564 g/mol. The largest absolute Gasteiger partial charge is 0.444 e. The van der Waals surface area contributed by atoms with Gasteiger partial charge in [0.15, 0.2) is 5.96 Å². The number of nitrogens with zero attached hydrogens (tertiary/aromatic N) is 4. The molecule has 1 N–H and O–H groups in total. The summed E-state index contributed by atoms with van der Waals surface area (Å²) >= 11 is 0. The summed E-state index contributed by atoms with van der Waals surface area (Å²) < 4.78 is 11.4. The Kier molecular flexibility index (Phi) is 10.8. The Hall–Kier alpha value is -1.52. The Balaban J connectivity index is 0.00000512. The molecule has 2 heterocycles. The van der Waals surface area contributed by atoms with Gasteiger partial charge in [0.2, 0.25) is 5.89 Å². The van der Waals surface area contributed by atoms with E-state index in [2.05, 4.69) is 41.0 Å². The van der Waals surface area contributed by atoms with Crippen LogP contribution in [0.25, 0.3) is 0 Å². The highest BCUT2D eigenvalue weighted by Gasteiger charge is 2.27. The number of oxazole rings is 1. The summed E-state index contributed by atoms with van der Waals surface area (Å²) in [5.41, 5.74) is -0.525. The molecule has 0 radical (unpaired) electrons. The van der Waals surface area contributed by atoms with Gasteiger partial charge in [0.1, 0.15) is 11.4 Å². The number of rotatable bonds is 5. The number of aromatic nitrogens is 1. The normalized spacial score (nSPS) is 15.9. The third-order valence-corrected chi connectivity index (χ3v) is 5.33. The SMILES string of the molecule is CCN(CC1CCN(C(=NC)NCc2ncc(C(C)(C)C)o2)CC1)C(=O)OC(C)(C)C.I. The zero-order valence-electron chi connectivity index (χ0n) is 21.0. The predicted molar refractivity (Wildman–Crippen MR) is 139 cm³/mol. The van der Waals surface area contributed by atoms with Crippen molar-refractivity contribution in [1.82, 2.24) is 20.1 Å². The lowest BCUT2D eigenvalue weighted by Gasteiger charge is -2.36. The number of amides is 1. The van der Waals surface area contributed by atoms with Crippen molar-refractivity contribution in [2.75, 3.05) is 33.2 Å². The van der Waals surface area contributed by atoms with Gasteiger partial charge in [-0.3, -0.25) is 4.99 Å². The fraction of sp³-hybridized carbons (Fsp3) is 0.783. The van der Waals surface area contributed by atoms with E-state index in [0.717, 1.165) is 44.2 Å². The second-order valence-corrected chi connectivity index (χ2v) is 10.2. The summed E-state index contributed by atoms with van der Waals surface area (Å²) in [6, 6.07) is 0. The van der Waals surface area contributed by atoms with Gasteiger partial charge in [-0.15, -0.1) is 24.0 Å². The predicted octanol–water partition coefficient (Wildman–Crippen LogP) is 4.63. The molecular weight excluding hydrogens is 521 g/mol. The van der Waals surface area contributed by atoms with Crippen LogP contribution in [-0.2, 0) is 16.7 Å². The van der Waals surface area contributed by atoms with Crippen molar-refractivity contribution >= 4 is 36.0 Å². The number of halogens is 1. The van der Waals surface area contributed by atoms with Crippen LogP contribution in [0.4, 0.5) is 4.79 Å². The molecule has 9 heteroatoms. The fourth-order valence-corrected chi connectivity index (χ4v) is 3.52. The highest BCUT2D eigenvalue weighted by atomic mass is 127. The lowest BCUT2D eigenvalue weighted by atomic mass is 9.94. The van der Waals surface area contributed by atoms with Crippen LogP contribution in [0.2, 0.25) is 0 Å². The molecule has 1 aliphatic rings. The molecule has 1 fully saturated rings. The summed E-state index contributed by atoms with van der Waals surface area (Å²) in [5.74, 6) is 2.86. The Bertz CT molecular complexity index is 744. The van der Waals surface area contributed by atoms with Gasteiger partial charge in [-0.05, 0) is 46.5 Å². The van der Waals surface area contributed by atoms with Gasteiger partial charge in [-0.1, -0.05) is 20.8 Å². The molecule has 1 aliphatic heterocycles. The van der Waals surface area contributed by atoms with Crippen molar-refractivity contribution in [3.05, 3.63) is 17.8 Å². The molecule has 0 aromatic carbocycles. The van der Waals surface area contributed by atoms with Gasteiger partial charge in [0.25, 0.3) is 0 Å². The Morgan fingerprint density at radius 1 is 1.28 bits per heavy atom. The van der Waals surface area contributed by atoms with Crippen molar-refractivity contribution in [3.63, 3.8) is 0 Å². The van der Waals surface area contributed by atoms with E-state index < -0.39 is 5.60 Å².